The van der Waals surface area contributed by atoms with Crippen LogP contribution < -0.4 is 15.5 Å². The average Bonchev–Trinajstić information content (AvgIpc) is 2.75. The lowest BCUT2D eigenvalue weighted by atomic mass is 9.87. The maximum atomic E-state index is 14.9. The third kappa shape index (κ3) is 5.77. The van der Waals surface area contributed by atoms with Gasteiger partial charge >= 0.3 is 6.09 Å². The van der Waals surface area contributed by atoms with E-state index < -0.39 is 72.5 Å². The third-order valence-corrected chi connectivity index (χ3v) is 5.47. The van der Waals surface area contributed by atoms with Gasteiger partial charge in [0.15, 0.2) is 0 Å². The van der Waals surface area contributed by atoms with Crippen LogP contribution in [0.2, 0.25) is 5.02 Å². The van der Waals surface area contributed by atoms with Crippen LogP contribution in [0, 0.1) is 11.6 Å². The van der Waals surface area contributed by atoms with E-state index >= 15 is 0 Å². The van der Waals surface area contributed by atoms with Gasteiger partial charge in [0.05, 0.1) is 7.11 Å². The van der Waals surface area contributed by atoms with Crippen molar-refractivity contribution >= 4 is 35.2 Å². The molecule has 1 fully saturated rings. The first-order valence-electron chi connectivity index (χ1n) is 10.0. The number of halogens is 5. The van der Waals surface area contributed by atoms with Crippen molar-refractivity contribution in [3.63, 3.8) is 0 Å². The number of methoxy groups -OCH3 is 1. The Hall–Kier alpha value is -3.34. The summed E-state index contributed by atoms with van der Waals surface area (Å²) < 4.78 is 60.0. The van der Waals surface area contributed by atoms with Crippen molar-refractivity contribution in [3.8, 4) is 0 Å². The van der Waals surface area contributed by atoms with E-state index in [1.165, 1.54) is 24.3 Å². The fourth-order valence-corrected chi connectivity index (χ4v) is 3.83. The van der Waals surface area contributed by atoms with Crippen LogP contribution in [-0.2, 0) is 14.3 Å². The van der Waals surface area contributed by atoms with E-state index in [0.717, 1.165) is 30.2 Å². The molecule has 3 amide bonds. The lowest BCUT2D eigenvalue weighted by Crippen LogP contribution is -2.55. The van der Waals surface area contributed by atoms with E-state index in [-0.39, 0.29) is 10.7 Å². The number of alkyl carbamates (subject to hydrolysis) is 1. The number of nitrogens with zero attached hydrogens (tertiary/aromatic N) is 1. The Bertz CT molecular complexity index is 1070. The normalized spacial score (nSPS) is 15.6. The molecule has 2 aromatic carbocycles. The molecule has 2 N–H and O–H groups in total. The zero-order valence-corrected chi connectivity index (χ0v) is 18.5. The van der Waals surface area contributed by atoms with Crippen LogP contribution in [0.25, 0.3) is 0 Å². The van der Waals surface area contributed by atoms with Crippen LogP contribution in [0.15, 0.2) is 42.5 Å². The molecule has 7 nitrogen and oxygen atoms in total. The van der Waals surface area contributed by atoms with Crippen molar-refractivity contribution < 1.29 is 36.7 Å². The molecule has 2 aromatic rings. The van der Waals surface area contributed by atoms with Crippen LogP contribution in [0.1, 0.15) is 24.4 Å². The fourth-order valence-electron chi connectivity index (χ4n) is 3.56. The lowest BCUT2D eigenvalue weighted by Gasteiger charge is -2.38. The van der Waals surface area contributed by atoms with Gasteiger partial charge in [-0.1, -0.05) is 23.7 Å². The van der Waals surface area contributed by atoms with Gasteiger partial charge in [-0.15, -0.1) is 0 Å². The molecule has 0 spiro atoms. The van der Waals surface area contributed by atoms with Gasteiger partial charge in [0.1, 0.15) is 24.2 Å². The topological polar surface area (TPSA) is 87.7 Å². The van der Waals surface area contributed by atoms with E-state index in [0.29, 0.717) is 0 Å². The van der Waals surface area contributed by atoms with Gasteiger partial charge in [-0.05, 0) is 30.3 Å². The minimum Gasteiger partial charge on any atom is -0.453 e. The number of benzene rings is 2. The Balaban J connectivity index is 2.07. The van der Waals surface area contributed by atoms with Crippen molar-refractivity contribution in [2.45, 2.75) is 30.8 Å². The molecule has 3 rings (SSSR count). The smallest absolute Gasteiger partial charge is 0.407 e. The molecule has 12 heteroatoms. The van der Waals surface area contributed by atoms with E-state index in [9.17, 15) is 31.9 Å². The minimum absolute atomic E-state index is 0.157. The highest BCUT2D eigenvalue weighted by Crippen LogP contribution is 2.39. The minimum atomic E-state index is -2.95. The first-order valence-corrected chi connectivity index (χ1v) is 10.4. The van der Waals surface area contributed by atoms with Gasteiger partial charge in [0, 0.05) is 35.2 Å². The van der Waals surface area contributed by atoms with Gasteiger partial charge in [0.2, 0.25) is 11.8 Å². The quantitative estimate of drug-likeness (QED) is 0.562. The summed E-state index contributed by atoms with van der Waals surface area (Å²) >= 11 is 6.17. The standard InChI is InChI=1S/C22H20ClF4N3O4/c1-34-21(33)28-11-17(31)30(14-5-2-4-12(24)8-14)19(18-15(23)6-3-7-16(18)25)20(32)29-13-9-22(26,27)10-13/h2-8,13,19H,9-11H2,1H3,(H,28,33)(H,29,32). The number of nitrogens with one attached hydrogen (secondary N) is 2. The molecular formula is C22H20ClF4N3O4. The van der Waals surface area contributed by atoms with Crippen molar-refractivity contribution in [1.82, 2.24) is 10.6 Å². The number of carbonyl (C=O) groups excluding carboxylic acids is 3. The largest absolute Gasteiger partial charge is 0.453 e. The van der Waals surface area contributed by atoms with Crippen LogP contribution in [0.4, 0.5) is 28.0 Å². The van der Waals surface area contributed by atoms with Crippen LogP contribution >= 0.6 is 11.6 Å². The van der Waals surface area contributed by atoms with Gasteiger partial charge < -0.3 is 15.4 Å². The first-order chi connectivity index (χ1) is 16.0. The molecule has 1 atom stereocenters. The van der Waals surface area contributed by atoms with Crippen LogP contribution in [-0.4, -0.2) is 43.5 Å². The molecule has 1 saturated carbocycles. The molecule has 1 unspecified atom stereocenters. The summed E-state index contributed by atoms with van der Waals surface area (Å²) in [5, 5.41) is 4.29. The molecule has 0 bridgehead atoms. The summed E-state index contributed by atoms with van der Waals surface area (Å²) in [6, 6.07) is 5.36. The second-order valence-corrected chi connectivity index (χ2v) is 8.00. The maximum Gasteiger partial charge on any atom is 0.407 e. The van der Waals surface area contributed by atoms with E-state index in [4.69, 9.17) is 11.6 Å². The Morgan fingerprint density at radius 3 is 2.44 bits per heavy atom. The Morgan fingerprint density at radius 1 is 1.18 bits per heavy atom. The maximum absolute atomic E-state index is 14.9. The second kappa shape index (κ2) is 10.3. The van der Waals surface area contributed by atoms with Crippen molar-refractivity contribution in [3.05, 3.63) is 64.7 Å². The number of alkyl halides is 2. The van der Waals surface area contributed by atoms with Gasteiger partial charge in [0.25, 0.3) is 5.92 Å². The number of hydrogen-bond donors (Lipinski definition) is 2. The average molecular weight is 502 g/mol. The summed E-state index contributed by atoms with van der Waals surface area (Å²) in [5.74, 6) is -6.64. The van der Waals surface area contributed by atoms with Gasteiger partial charge in [-0.3, -0.25) is 14.5 Å². The van der Waals surface area contributed by atoms with E-state index in [1.807, 2.05) is 0 Å². The first kappa shape index (κ1) is 25.3. The zero-order chi connectivity index (χ0) is 25.0. The fraction of sp³-hybridized carbons (Fsp3) is 0.318. The summed E-state index contributed by atoms with van der Waals surface area (Å²) in [6.07, 6.45) is -2.23. The number of ether oxygens (including phenoxy) is 1. The van der Waals surface area contributed by atoms with Crippen LogP contribution in [0.5, 0.6) is 0 Å². The van der Waals surface area contributed by atoms with Gasteiger partial charge in [-0.2, -0.15) is 0 Å². The third-order valence-electron chi connectivity index (χ3n) is 5.14. The molecule has 0 heterocycles. The highest BCUT2D eigenvalue weighted by molar-refractivity contribution is 6.31. The SMILES string of the molecule is COC(=O)NCC(=O)N(c1cccc(F)c1)C(C(=O)NC1CC(F)(F)C1)c1c(F)cccc1Cl. The molecule has 182 valence electrons. The number of anilines is 1. The summed E-state index contributed by atoms with van der Waals surface area (Å²) in [7, 11) is 1.06. The lowest BCUT2D eigenvalue weighted by molar-refractivity contribution is -0.132. The monoisotopic (exact) mass is 501 g/mol. The van der Waals surface area contributed by atoms with Crippen molar-refractivity contribution in [1.29, 1.82) is 0 Å². The zero-order valence-electron chi connectivity index (χ0n) is 17.8. The molecule has 0 aromatic heterocycles. The molecule has 0 saturated heterocycles. The summed E-state index contributed by atoms with van der Waals surface area (Å²) in [6.45, 7) is -0.708. The summed E-state index contributed by atoms with van der Waals surface area (Å²) in [5.41, 5.74) is -0.585. The van der Waals surface area contributed by atoms with Crippen molar-refractivity contribution in [2.24, 2.45) is 0 Å². The predicted octanol–water partition coefficient (Wildman–Crippen LogP) is 3.96. The second-order valence-electron chi connectivity index (χ2n) is 7.60. The van der Waals surface area contributed by atoms with E-state index in [1.54, 1.807) is 0 Å². The molecular weight excluding hydrogens is 482 g/mol. The predicted molar refractivity (Wildman–Crippen MR) is 115 cm³/mol. The molecule has 0 radical (unpaired) electrons. The number of carbonyl (C=O) groups is 3. The Labute approximate surface area is 197 Å². The molecule has 34 heavy (non-hydrogen) atoms. The number of rotatable bonds is 7. The molecule has 1 aliphatic rings. The van der Waals surface area contributed by atoms with Gasteiger partial charge in [-0.25, -0.2) is 22.4 Å². The summed E-state index contributed by atoms with van der Waals surface area (Å²) in [4.78, 5) is 38.7. The van der Waals surface area contributed by atoms with Crippen molar-refractivity contribution in [2.75, 3.05) is 18.6 Å². The highest BCUT2D eigenvalue weighted by Gasteiger charge is 2.47. The Kier molecular flexibility index (Phi) is 7.65. The highest BCUT2D eigenvalue weighted by atomic mass is 35.5. The molecule has 1 aliphatic carbocycles. The number of hydrogen-bond acceptors (Lipinski definition) is 4. The Morgan fingerprint density at radius 2 is 1.85 bits per heavy atom. The van der Waals surface area contributed by atoms with E-state index in [2.05, 4.69) is 15.4 Å². The number of amides is 3. The molecule has 0 aliphatic heterocycles. The van der Waals surface area contributed by atoms with Crippen LogP contribution in [0.3, 0.4) is 0 Å².